The predicted molar refractivity (Wildman–Crippen MR) is 176 cm³/mol. The average Bonchev–Trinajstić information content (AvgIpc) is 3.85. The molecular weight excluding hydrogens is 620 g/mol. The SMILES string of the molecule is Cc1cc(O)c(C)c(C(=O)N[C@@H](Cc2ccccc2)[C@H](O)C(=O)N2CC(F)(F)C(C)(C)[C@H]2C(=O)NCc2cccc(OCC3CC3)c2)c1. The van der Waals surface area contributed by atoms with E-state index in [1.54, 1.807) is 68.4 Å². The predicted octanol–water partition coefficient (Wildman–Crippen LogP) is 4.69. The third-order valence-corrected chi connectivity index (χ3v) is 9.40. The summed E-state index contributed by atoms with van der Waals surface area (Å²) >= 11 is 0. The van der Waals surface area contributed by atoms with Gasteiger partial charge in [-0.1, -0.05) is 56.3 Å². The van der Waals surface area contributed by atoms with Gasteiger partial charge in [0.1, 0.15) is 17.5 Å². The first-order chi connectivity index (χ1) is 22.7. The fourth-order valence-corrected chi connectivity index (χ4v) is 6.08. The molecule has 1 aliphatic heterocycles. The molecule has 0 aromatic heterocycles. The van der Waals surface area contributed by atoms with Crippen molar-refractivity contribution < 1.29 is 38.1 Å². The van der Waals surface area contributed by atoms with Gasteiger partial charge in [-0.15, -0.1) is 0 Å². The molecule has 3 aromatic rings. The molecule has 1 saturated carbocycles. The Morgan fingerprint density at radius 2 is 1.69 bits per heavy atom. The molecule has 3 aromatic carbocycles. The minimum absolute atomic E-state index is 0.0115. The summed E-state index contributed by atoms with van der Waals surface area (Å²) in [5.74, 6) is -4.93. The van der Waals surface area contributed by atoms with E-state index < -0.39 is 53.8 Å². The Balaban J connectivity index is 1.37. The lowest BCUT2D eigenvalue weighted by molar-refractivity contribution is -0.148. The van der Waals surface area contributed by atoms with Crippen molar-refractivity contribution in [2.45, 2.75) is 77.6 Å². The van der Waals surface area contributed by atoms with E-state index in [4.69, 9.17) is 4.74 Å². The van der Waals surface area contributed by atoms with Crippen LogP contribution in [0.25, 0.3) is 0 Å². The number of likely N-dealkylation sites (tertiary alicyclic amines) is 1. The minimum atomic E-state index is -3.46. The van der Waals surface area contributed by atoms with Crippen molar-refractivity contribution in [2.75, 3.05) is 13.2 Å². The summed E-state index contributed by atoms with van der Waals surface area (Å²) in [5.41, 5.74) is 0.444. The van der Waals surface area contributed by atoms with Crippen molar-refractivity contribution in [3.05, 3.63) is 94.5 Å². The number of hydrogen-bond donors (Lipinski definition) is 4. The van der Waals surface area contributed by atoms with Crippen molar-refractivity contribution >= 4 is 17.7 Å². The van der Waals surface area contributed by atoms with Crippen molar-refractivity contribution in [1.29, 1.82) is 0 Å². The second kappa shape index (κ2) is 13.9. The van der Waals surface area contributed by atoms with E-state index in [1.807, 2.05) is 6.07 Å². The second-order valence-electron chi connectivity index (χ2n) is 13.6. The third kappa shape index (κ3) is 7.62. The van der Waals surface area contributed by atoms with E-state index in [1.165, 1.54) is 19.9 Å². The van der Waals surface area contributed by atoms with Crippen LogP contribution in [0, 0.1) is 25.2 Å². The van der Waals surface area contributed by atoms with E-state index in [0.717, 1.165) is 17.7 Å². The lowest BCUT2D eigenvalue weighted by atomic mass is 9.81. The molecular formula is C37H43F2N3O6. The van der Waals surface area contributed by atoms with Gasteiger partial charge < -0.3 is 30.5 Å². The number of alkyl halides is 2. The van der Waals surface area contributed by atoms with Gasteiger partial charge in [0.15, 0.2) is 6.10 Å². The standard InChI is InChI=1S/C37H43F2N3O6/c1-22-15-28(23(2)30(43)16-22)33(45)41-29(18-24-9-6-5-7-10-24)31(44)35(47)42-21-37(38,39)36(3,4)32(42)34(46)40-19-26-11-8-12-27(17-26)48-20-25-13-14-25/h5-12,15-17,25,29,31-32,43-44H,13-14,18-21H2,1-4H3,(H,40,46)(H,41,45)/t29-,31-,32+/m0/s1. The summed E-state index contributed by atoms with van der Waals surface area (Å²) in [5, 5.41) is 27.2. The molecule has 4 N–H and O–H groups in total. The molecule has 2 aliphatic rings. The molecule has 0 unspecified atom stereocenters. The van der Waals surface area contributed by atoms with Crippen LogP contribution in [0.15, 0.2) is 66.7 Å². The van der Waals surface area contributed by atoms with Crippen molar-refractivity contribution in [3.8, 4) is 11.5 Å². The number of aryl methyl sites for hydroxylation is 1. The highest BCUT2D eigenvalue weighted by Crippen LogP contribution is 2.48. The topological polar surface area (TPSA) is 128 Å². The van der Waals surface area contributed by atoms with Gasteiger partial charge in [-0.25, -0.2) is 8.78 Å². The summed E-state index contributed by atoms with van der Waals surface area (Å²) in [4.78, 5) is 41.8. The van der Waals surface area contributed by atoms with Crippen LogP contribution in [0.1, 0.15) is 59.3 Å². The number of halogens is 2. The van der Waals surface area contributed by atoms with E-state index in [2.05, 4.69) is 10.6 Å². The Morgan fingerprint density at radius 3 is 2.38 bits per heavy atom. The molecule has 1 aliphatic carbocycles. The quantitative estimate of drug-likeness (QED) is 0.223. The molecule has 256 valence electrons. The number of nitrogens with zero attached hydrogens (tertiary/aromatic N) is 1. The van der Waals surface area contributed by atoms with Crippen LogP contribution in [-0.4, -0.2) is 70.1 Å². The average molecular weight is 664 g/mol. The molecule has 48 heavy (non-hydrogen) atoms. The number of carbonyl (C=O) groups is 3. The molecule has 5 rings (SSSR count). The monoisotopic (exact) mass is 663 g/mol. The second-order valence-corrected chi connectivity index (χ2v) is 13.6. The minimum Gasteiger partial charge on any atom is -0.508 e. The number of phenols is 1. The summed E-state index contributed by atoms with van der Waals surface area (Å²) in [6.07, 6.45) is 0.281. The van der Waals surface area contributed by atoms with Crippen molar-refractivity contribution in [2.24, 2.45) is 11.3 Å². The van der Waals surface area contributed by atoms with Gasteiger partial charge in [-0.3, -0.25) is 14.4 Å². The van der Waals surface area contributed by atoms with Crippen LogP contribution >= 0.6 is 0 Å². The Bertz CT molecular complexity index is 1660. The van der Waals surface area contributed by atoms with Crippen LogP contribution < -0.4 is 15.4 Å². The zero-order chi connectivity index (χ0) is 34.8. The Morgan fingerprint density at radius 1 is 1.00 bits per heavy atom. The molecule has 0 radical (unpaired) electrons. The smallest absolute Gasteiger partial charge is 0.272 e. The molecule has 0 bridgehead atoms. The lowest BCUT2D eigenvalue weighted by Crippen LogP contribution is -2.57. The van der Waals surface area contributed by atoms with Crippen molar-refractivity contribution in [1.82, 2.24) is 15.5 Å². The van der Waals surface area contributed by atoms with E-state index in [-0.39, 0.29) is 24.3 Å². The van der Waals surface area contributed by atoms with Gasteiger partial charge in [0, 0.05) is 17.7 Å². The van der Waals surface area contributed by atoms with E-state index >= 15 is 8.78 Å². The van der Waals surface area contributed by atoms with Gasteiger partial charge in [0.05, 0.1) is 24.6 Å². The highest BCUT2D eigenvalue weighted by molar-refractivity contribution is 5.97. The number of ether oxygens (including phenoxy) is 1. The number of aliphatic hydroxyl groups excluding tert-OH is 1. The summed E-state index contributed by atoms with van der Waals surface area (Å²) < 4.78 is 36.8. The van der Waals surface area contributed by atoms with Crippen molar-refractivity contribution in [3.63, 3.8) is 0 Å². The van der Waals surface area contributed by atoms with Crippen LogP contribution in [0.4, 0.5) is 8.78 Å². The number of phenolic OH excluding ortho intramolecular Hbond substituents is 1. The molecule has 1 heterocycles. The first-order valence-electron chi connectivity index (χ1n) is 16.2. The summed E-state index contributed by atoms with van der Waals surface area (Å²) in [6.45, 7) is 5.24. The van der Waals surface area contributed by atoms with Crippen LogP contribution in [0.2, 0.25) is 0 Å². The molecule has 3 amide bonds. The number of amides is 3. The summed E-state index contributed by atoms with van der Waals surface area (Å²) in [7, 11) is 0. The number of aromatic hydroxyl groups is 1. The maximum atomic E-state index is 15.5. The van der Waals surface area contributed by atoms with Gasteiger partial charge in [-0.2, -0.15) is 0 Å². The number of carbonyl (C=O) groups excluding carboxylic acids is 3. The number of benzene rings is 3. The largest absolute Gasteiger partial charge is 0.508 e. The zero-order valence-electron chi connectivity index (χ0n) is 27.6. The van der Waals surface area contributed by atoms with Crippen LogP contribution in [0.5, 0.6) is 11.5 Å². The fraction of sp³-hybridized carbons (Fsp3) is 0.432. The normalized spacial score (nSPS) is 19.3. The molecule has 2 fully saturated rings. The van der Waals surface area contributed by atoms with E-state index in [9.17, 15) is 24.6 Å². The number of aliphatic hydroxyl groups is 1. The van der Waals surface area contributed by atoms with Gasteiger partial charge in [-0.05, 0) is 80.0 Å². The van der Waals surface area contributed by atoms with E-state index in [0.29, 0.717) is 40.5 Å². The fourth-order valence-electron chi connectivity index (χ4n) is 6.08. The molecule has 9 nitrogen and oxygen atoms in total. The van der Waals surface area contributed by atoms with Gasteiger partial charge in [0.2, 0.25) is 5.91 Å². The van der Waals surface area contributed by atoms with Gasteiger partial charge >= 0.3 is 0 Å². The van der Waals surface area contributed by atoms with Crippen LogP contribution in [0.3, 0.4) is 0 Å². The maximum Gasteiger partial charge on any atom is 0.272 e. The Kier molecular flexibility index (Phi) is 10.1. The molecule has 3 atom stereocenters. The first-order valence-corrected chi connectivity index (χ1v) is 16.2. The third-order valence-electron chi connectivity index (χ3n) is 9.40. The molecule has 1 saturated heterocycles. The maximum absolute atomic E-state index is 15.5. The number of nitrogens with one attached hydrogen (secondary N) is 2. The van der Waals surface area contributed by atoms with Gasteiger partial charge in [0.25, 0.3) is 17.7 Å². The first kappa shape index (κ1) is 34.8. The lowest BCUT2D eigenvalue weighted by Gasteiger charge is -2.34. The molecule has 0 spiro atoms. The Labute approximate surface area is 279 Å². The number of rotatable bonds is 12. The number of hydrogen-bond acceptors (Lipinski definition) is 6. The van der Waals surface area contributed by atoms with Crippen LogP contribution in [-0.2, 0) is 22.6 Å². The zero-order valence-corrected chi connectivity index (χ0v) is 27.6. The highest BCUT2D eigenvalue weighted by Gasteiger charge is 2.64. The highest BCUT2D eigenvalue weighted by atomic mass is 19.3. The molecule has 11 heteroatoms. The Hall–Kier alpha value is -4.51. The summed E-state index contributed by atoms with van der Waals surface area (Å²) in [6, 6.07) is 16.1.